The normalized spacial score (nSPS) is 10.3. The summed E-state index contributed by atoms with van der Waals surface area (Å²) in [7, 11) is 3.36. The number of carbonyl (C=O) groups excluding carboxylic acids is 1. The molecule has 0 aliphatic carbocycles. The Balaban J connectivity index is 2.31. The first-order chi connectivity index (χ1) is 8.09. The average Bonchev–Trinajstić information content (AvgIpc) is 2.74. The highest BCUT2D eigenvalue weighted by molar-refractivity contribution is 5.93. The van der Waals surface area contributed by atoms with Crippen LogP contribution in [0.25, 0.3) is 5.95 Å². The Labute approximate surface area is 98.1 Å². The van der Waals surface area contributed by atoms with E-state index in [4.69, 9.17) is 0 Å². The first-order valence-electron chi connectivity index (χ1n) is 5.00. The second kappa shape index (κ2) is 4.28. The Morgan fingerprint density at radius 2 is 1.88 bits per heavy atom. The molecule has 0 unspecified atom stereocenters. The van der Waals surface area contributed by atoms with Gasteiger partial charge in [-0.2, -0.15) is 9.78 Å². The molecule has 0 saturated heterocycles. The first-order valence-corrected chi connectivity index (χ1v) is 5.00. The molecular formula is C10H12N6O. The van der Waals surface area contributed by atoms with E-state index in [9.17, 15) is 4.79 Å². The van der Waals surface area contributed by atoms with Crippen molar-refractivity contribution >= 4 is 5.91 Å². The van der Waals surface area contributed by atoms with Crippen molar-refractivity contribution in [3.8, 4) is 5.95 Å². The molecule has 0 aromatic carbocycles. The second-order valence-corrected chi connectivity index (χ2v) is 3.69. The Morgan fingerprint density at radius 1 is 1.24 bits per heavy atom. The molecule has 0 radical (unpaired) electrons. The van der Waals surface area contributed by atoms with E-state index in [1.807, 2.05) is 0 Å². The maximum Gasteiger partial charge on any atom is 0.256 e. The van der Waals surface area contributed by atoms with Crippen LogP contribution in [0.3, 0.4) is 0 Å². The van der Waals surface area contributed by atoms with Gasteiger partial charge in [-0.25, -0.2) is 15.0 Å². The van der Waals surface area contributed by atoms with E-state index in [1.54, 1.807) is 21.0 Å². The van der Waals surface area contributed by atoms with Gasteiger partial charge in [-0.1, -0.05) is 0 Å². The lowest BCUT2D eigenvalue weighted by Gasteiger charge is -2.09. The quantitative estimate of drug-likeness (QED) is 0.732. The molecular weight excluding hydrogens is 220 g/mol. The monoisotopic (exact) mass is 232 g/mol. The number of nitrogens with zero attached hydrogens (tertiary/aromatic N) is 6. The van der Waals surface area contributed by atoms with Gasteiger partial charge in [0.25, 0.3) is 11.9 Å². The van der Waals surface area contributed by atoms with Gasteiger partial charge >= 0.3 is 0 Å². The van der Waals surface area contributed by atoms with E-state index in [2.05, 4.69) is 20.1 Å². The van der Waals surface area contributed by atoms with Crippen molar-refractivity contribution < 1.29 is 4.79 Å². The van der Waals surface area contributed by atoms with Crippen molar-refractivity contribution in [2.45, 2.75) is 6.92 Å². The summed E-state index contributed by atoms with van der Waals surface area (Å²) in [5.41, 5.74) is 0.441. The van der Waals surface area contributed by atoms with E-state index in [1.165, 1.54) is 28.3 Å². The number of hydrogen-bond donors (Lipinski definition) is 0. The van der Waals surface area contributed by atoms with Crippen LogP contribution >= 0.6 is 0 Å². The average molecular weight is 232 g/mol. The van der Waals surface area contributed by atoms with E-state index >= 15 is 0 Å². The van der Waals surface area contributed by atoms with E-state index < -0.39 is 0 Å². The maximum atomic E-state index is 11.6. The predicted octanol–water partition coefficient (Wildman–Crippen LogP) is 0.0675. The minimum Gasteiger partial charge on any atom is -0.345 e. The standard InChI is InChI=1S/C10H12N6O/c1-7-13-6-14-16(7)10-11-4-8(5-12-10)9(17)15(2)3/h4-6H,1-3H3. The smallest absolute Gasteiger partial charge is 0.256 e. The summed E-state index contributed by atoms with van der Waals surface area (Å²) in [6.45, 7) is 1.80. The number of hydrogen-bond acceptors (Lipinski definition) is 5. The molecule has 0 saturated carbocycles. The van der Waals surface area contributed by atoms with Crippen LogP contribution in [-0.4, -0.2) is 49.6 Å². The summed E-state index contributed by atoms with van der Waals surface area (Å²) in [5.74, 6) is 0.957. The van der Waals surface area contributed by atoms with E-state index in [0.717, 1.165) is 0 Å². The van der Waals surface area contributed by atoms with Gasteiger partial charge in [0.05, 0.1) is 5.56 Å². The van der Waals surface area contributed by atoms with Crippen molar-refractivity contribution in [2.24, 2.45) is 0 Å². The van der Waals surface area contributed by atoms with Crippen LogP contribution in [-0.2, 0) is 0 Å². The van der Waals surface area contributed by atoms with Gasteiger partial charge in [-0.3, -0.25) is 4.79 Å². The molecule has 2 aromatic rings. The summed E-state index contributed by atoms with van der Waals surface area (Å²) in [6.07, 6.45) is 4.38. The molecule has 2 rings (SSSR count). The largest absolute Gasteiger partial charge is 0.345 e. The van der Waals surface area contributed by atoms with Crippen molar-refractivity contribution in [3.63, 3.8) is 0 Å². The maximum absolute atomic E-state index is 11.6. The first kappa shape index (κ1) is 11.2. The lowest BCUT2D eigenvalue weighted by atomic mass is 10.3. The molecule has 7 heteroatoms. The Morgan fingerprint density at radius 3 is 2.35 bits per heavy atom. The molecule has 88 valence electrons. The minimum absolute atomic E-state index is 0.133. The fourth-order valence-electron chi connectivity index (χ4n) is 1.29. The van der Waals surface area contributed by atoms with Crippen molar-refractivity contribution in [1.29, 1.82) is 0 Å². The van der Waals surface area contributed by atoms with Crippen molar-refractivity contribution in [1.82, 2.24) is 29.6 Å². The van der Waals surface area contributed by atoms with Crippen molar-refractivity contribution in [3.05, 3.63) is 30.1 Å². The molecule has 7 nitrogen and oxygen atoms in total. The lowest BCUT2D eigenvalue weighted by molar-refractivity contribution is 0.0827. The highest BCUT2D eigenvalue weighted by Gasteiger charge is 2.10. The zero-order valence-electron chi connectivity index (χ0n) is 9.82. The van der Waals surface area contributed by atoms with E-state index in [-0.39, 0.29) is 5.91 Å². The SMILES string of the molecule is Cc1ncnn1-c1ncc(C(=O)N(C)C)cn1. The molecule has 0 atom stereocenters. The number of carbonyl (C=O) groups is 1. The summed E-state index contributed by atoms with van der Waals surface area (Å²) >= 11 is 0. The fourth-order valence-corrected chi connectivity index (χ4v) is 1.29. The molecule has 0 spiro atoms. The molecule has 0 N–H and O–H groups in total. The number of rotatable bonds is 2. The van der Waals surface area contributed by atoms with Gasteiger partial charge < -0.3 is 4.90 Å². The molecule has 17 heavy (non-hydrogen) atoms. The van der Waals surface area contributed by atoms with E-state index in [0.29, 0.717) is 17.3 Å². The van der Waals surface area contributed by atoms with Gasteiger partial charge in [-0.05, 0) is 6.92 Å². The van der Waals surface area contributed by atoms with Gasteiger partial charge in [0, 0.05) is 26.5 Å². The zero-order chi connectivity index (χ0) is 12.4. The fraction of sp³-hybridized carbons (Fsp3) is 0.300. The number of aryl methyl sites for hydroxylation is 1. The predicted molar refractivity (Wildman–Crippen MR) is 59.7 cm³/mol. The number of amides is 1. The highest BCUT2D eigenvalue weighted by Crippen LogP contribution is 2.04. The molecule has 0 bridgehead atoms. The summed E-state index contributed by atoms with van der Waals surface area (Å²) in [5, 5.41) is 3.98. The molecule has 1 amide bonds. The minimum atomic E-state index is -0.133. The van der Waals surface area contributed by atoms with Crippen molar-refractivity contribution in [2.75, 3.05) is 14.1 Å². The Hall–Kier alpha value is -2.31. The van der Waals surface area contributed by atoms with Crippen LogP contribution in [0, 0.1) is 6.92 Å². The second-order valence-electron chi connectivity index (χ2n) is 3.69. The van der Waals surface area contributed by atoms with Crippen LogP contribution in [0.4, 0.5) is 0 Å². The van der Waals surface area contributed by atoms with Gasteiger partial charge in [-0.15, -0.1) is 0 Å². The summed E-state index contributed by atoms with van der Waals surface area (Å²) < 4.78 is 1.50. The molecule has 0 fully saturated rings. The third-order valence-corrected chi connectivity index (χ3v) is 2.20. The summed E-state index contributed by atoms with van der Waals surface area (Å²) in [4.78, 5) is 25.2. The number of aromatic nitrogens is 5. The van der Waals surface area contributed by atoms with Crippen LogP contribution in [0.1, 0.15) is 16.2 Å². The molecule has 2 aromatic heterocycles. The third-order valence-electron chi connectivity index (χ3n) is 2.20. The van der Waals surface area contributed by atoms with Crippen LogP contribution < -0.4 is 0 Å². The van der Waals surface area contributed by atoms with Crippen LogP contribution in [0.5, 0.6) is 0 Å². The summed E-state index contributed by atoms with van der Waals surface area (Å²) in [6, 6.07) is 0. The lowest BCUT2D eigenvalue weighted by Crippen LogP contribution is -2.22. The zero-order valence-corrected chi connectivity index (χ0v) is 9.82. The van der Waals surface area contributed by atoms with Gasteiger partial charge in [0.15, 0.2) is 0 Å². The van der Waals surface area contributed by atoms with Gasteiger partial charge in [0.2, 0.25) is 0 Å². The third kappa shape index (κ3) is 2.12. The van der Waals surface area contributed by atoms with Gasteiger partial charge in [0.1, 0.15) is 12.2 Å². The Kier molecular flexibility index (Phi) is 2.82. The van der Waals surface area contributed by atoms with Crippen LogP contribution in [0.2, 0.25) is 0 Å². The topological polar surface area (TPSA) is 76.8 Å². The highest BCUT2D eigenvalue weighted by atomic mass is 16.2. The molecule has 2 heterocycles. The Bertz CT molecular complexity index is 530. The van der Waals surface area contributed by atoms with Crippen LogP contribution in [0.15, 0.2) is 18.7 Å². The molecule has 0 aliphatic rings. The molecule has 0 aliphatic heterocycles.